The van der Waals surface area contributed by atoms with Crippen LogP contribution in [0, 0.1) is 6.92 Å². The summed E-state index contributed by atoms with van der Waals surface area (Å²) in [4.78, 5) is 21.1. The van der Waals surface area contributed by atoms with Crippen LogP contribution in [0.15, 0.2) is 96.2 Å². The third-order valence-corrected chi connectivity index (χ3v) is 6.07. The summed E-state index contributed by atoms with van der Waals surface area (Å²) in [5, 5.41) is 2.71. The van der Waals surface area contributed by atoms with Crippen LogP contribution in [0.3, 0.4) is 0 Å². The van der Waals surface area contributed by atoms with Crippen LogP contribution in [0.5, 0.6) is 0 Å². The molecule has 0 unspecified atom stereocenters. The van der Waals surface area contributed by atoms with Gasteiger partial charge in [-0.15, -0.1) is 0 Å². The van der Waals surface area contributed by atoms with Gasteiger partial charge in [-0.3, -0.25) is 9.52 Å². The minimum atomic E-state index is -3.76. The first-order valence-corrected chi connectivity index (χ1v) is 11.3. The second-order valence-corrected chi connectivity index (χ2v) is 8.79. The molecule has 8 heteroatoms. The van der Waals surface area contributed by atoms with E-state index in [4.69, 9.17) is 0 Å². The normalized spacial score (nSPS) is 11.0. The molecule has 0 saturated heterocycles. The van der Waals surface area contributed by atoms with Gasteiger partial charge >= 0.3 is 0 Å². The molecular formula is C24H20N4O3S. The Kier molecular flexibility index (Phi) is 5.96. The van der Waals surface area contributed by atoms with Gasteiger partial charge in [0.15, 0.2) is 5.82 Å². The number of amides is 1. The van der Waals surface area contributed by atoms with E-state index >= 15 is 0 Å². The SMILES string of the molecule is Cc1ccc(NS(=O)(=O)c2ccc(C(=O)Nc3cnc(-c4ccccc4)nc3)cc2)cc1. The van der Waals surface area contributed by atoms with Crippen molar-refractivity contribution in [2.75, 3.05) is 10.0 Å². The van der Waals surface area contributed by atoms with E-state index in [1.54, 1.807) is 12.1 Å². The van der Waals surface area contributed by atoms with Gasteiger partial charge in [-0.2, -0.15) is 0 Å². The number of nitrogens with zero attached hydrogens (tertiary/aromatic N) is 2. The highest BCUT2D eigenvalue weighted by atomic mass is 32.2. The Morgan fingerprint density at radius 2 is 1.41 bits per heavy atom. The maximum Gasteiger partial charge on any atom is 0.261 e. The first kappa shape index (κ1) is 21.2. The molecule has 0 spiro atoms. The molecule has 160 valence electrons. The fourth-order valence-electron chi connectivity index (χ4n) is 2.95. The number of hydrogen-bond donors (Lipinski definition) is 2. The third kappa shape index (κ3) is 4.98. The van der Waals surface area contributed by atoms with E-state index in [1.807, 2.05) is 49.4 Å². The smallest absolute Gasteiger partial charge is 0.261 e. The standard InChI is InChI=1S/C24H20N4O3S/c1-17-7-11-20(12-8-17)28-32(30,31)22-13-9-19(10-14-22)24(29)27-21-15-25-23(26-16-21)18-5-3-2-4-6-18/h2-16,28H,1H3,(H,27,29). The summed E-state index contributed by atoms with van der Waals surface area (Å²) >= 11 is 0. The molecule has 0 radical (unpaired) electrons. The molecule has 2 N–H and O–H groups in total. The summed E-state index contributed by atoms with van der Waals surface area (Å²) in [7, 11) is -3.76. The molecule has 1 amide bonds. The van der Waals surface area contributed by atoms with Gasteiger partial charge in [-0.05, 0) is 43.3 Å². The van der Waals surface area contributed by atoms with Crippen LogP contribution in [0.2, 0.25) is 0 Å². The molecule has 7 nitrogen and oxygen atoms in total. The molecule has 1 aromatic heterocycles. The van der Waals surface area contributed by atoms with Crippen molar-refractivity contribution in [3.05, 3.63) is 102 Å². The van der Waals surface area contributed by atoms with Crippen molar-refractivity contribution in [3.8, 4) is 11.4 Å². The number of carbonyl (C=O) groups is 1. The summed E-state index contributed by atoms with van der Waals surface area (Å²) in [6, 6.07) is 22.2. The lowest BCUT2D eigenvalue weighted by Crippen LogP contribution is -2.15. The molecule has 32 heavy (non-hydrogen) atoms. The lowest BCUT2D eigenvalue weighted by atomic mass is 10.2. The molecule has 4 aromatic rings. The predicted octanol–water partition coefficient (Wildman–Crippen LogP) is 4.51. The van der Waals surface area contributed by atoms with Gasteiger partial charge in [-0.25, -0.2) is 18.4 Å². The summed E-state index contributed by atoms with van der Waals surface area (Å²) < 4.78 is 27.7. The van der Waals surface area contributed by atoms with E-state index in [-0.39, 0.29) is 4.90 Å². The van der Waals surface area contributed by atoms with E-state index in [1.165, 1.54) is 36.7 Å². The lowest BCUT2D eigenvalue weighted by Gasteiger charge is -2.09. The number of aryl methyl sites for hydroxylation is 1. The van der Waals surface area contributed by atoms with Gasteiger partial charge in [-0.1, -0.05) is 48.0 Å². The molecule has 0 aliphatic rings. The van der Waals surface area contributed by atoms with Crippen molar-refractivity contribution in [2.24, 2.45) is 0 Å². The van der Waals surface area contributed by atoms with Gasteiger partial charge in [0.2, 0.25) is 0 Å². The Hall–Kier alpha value is -4.04. The maximum absolute atomic E-state index is 12.6. The number of anilines is 2. The van der Waals surface area contributed by atoms with Crippen molar-refractivity contribution < 1.29 is 13.2 Å². The summed E-state index contributed by atoms with van der Waals surface area (Å²) in [5.41, 5.74) is 3.13. The van der Waals surface area contributed by atoms with Crippen molar-refractivity contribution in [2.45, 2.75) is 11.8 Å². The molecule has 4 rings (SSSR count). The van der Waals surface area contributed by atoms with Crippen LogP contribution in [-0.2, 0) is 10.0 Å². The van der Waals surface area contributed by atoms with E-state index < -0.39 is 15.9 Å². The highest BCUT2D eigenvalue weighted by Crippen LogP contribution is 2.18. The maximum atomic E-state index is 12.6. The average Bonchev–Trinajstić information content (AvgIpc) is 2.81. The Labute approximate surface area is 186 Å². The monoisotopic (exact) mass is 444 g/mol. The van der Waals surface area contributed by atoms with Crippen LogP contribution in [-0.4, -0.2) is 24.3 Å². The van der Waals surface area contributed by atoms with E-state index in [9.17, 15) is 13.2 Å². The minimum Gasteiger partial charge on any atom is -0.319 e. The fourth-order valence-corrected chi connectivity index (χ4v) is 4.01. The molecule has 0 saturated carbocycles. The summed E-state index contributed by atoms with van der Waals surface area (Å²) in [6.07, 6.45) is 3.05. The van der Waals surface area contributed by atoms with E-state index in [0.29, 0.717) is 22.8 Å². The Bertz CT molecular complexity index is 1320. The zero-order valence-electron chi connectivity index (χ0n) is 17.2. The average molecular weight is 445 g/mol. The Morgan fingerprint density at radius 1 is 0.781 bits per heavy atom. The van der Waals surface area contributed by atoms with Gasteiger partial charge in [0.1, 0.15) is 0 Å². The first-order valence-electron chi connectivity index (χ1n) is 9.79. The summed E-state index contributed by atoms with van der Waals surface area (Å²) in [6.45, 7) is 1.92. The first-order chi connectivity index (χ1) is 15.4. The van der Waals surface area contributed by atoms with Crippen LogP contribution in [0.1, 0.15) is 15.9 Å². The Balaban J connectivity index is 1.43. The molecular weight excluding hydrogens is 424 g/mol. The van der Waals surface area contributed by atoms with Crippen molar-refractivity contribution in [1.82, 2.24) is 9.97 Å². The molecule has 0 aliphatic heterocycles. The van der Waals surface area contributed by atoms with Crippen molar-refractivity contribution in [1.29, 1.82) is 0 Å². The van der Waals surface area contributed by atoms with Gasteiger partial charge in [0, 0.05) is 16.8 Å². The number of carbonyl (C=O) groups excluding carboxylic acids is 1. The van der Waals surface area contributed by atoms with Crippen LogP contribution >= 0.6 is 0 Å². The predicted molar refractivity (Wildman–Crippen MR) is 124 cm³/mol. The number of benzene rings is 3. The number of sulfonamides is 1. The molecule has 0 atom stereocenters. The van der Waals surface area contributed by atoms with E-state index in [2.05, 4.69) is 20.0 Å². The zero-order chi connectivity index (χ0) is 22.6. The van der Waals surface area contributed by atoms with Gasteiger partial charge in [0.25, 0.3) is 15.9 Å². The largest absolute Gasteiger partial charge is 0.319 e. The molecule has 0 fully saturated rings. The van der Waals surface area contributed by atoms with Crippen molar-refractivity contribution >= 4 is 27.3 Å². The lowest BCUT2D eigenvalue weighted by molar-refractivity contribution is 0.102. The highest BCUT2D eigenvalue weighted by Gasteiger charge is 2.15. The van der Waals surface area contributed by atoms with Crippen LogP contribution in [0.4, 0.5) is 11.4 Å². The van der Waals surface area contributed by atoms with Crippen molar-refractivity contribution in [3.63, 3.8) is 0 Å². The molecule has 3 aromatic carbocycles. The molecule has 0 aliphatic carbocycles. The van der Waals surface area contributed by atoms with Gasteiger partial charge < -0.3 is 5.32 Å². The number of hydrogen-bond acceptors (Lipinski definition) is 5. The topological polar surface area (TPSA) is 101 Å². The van der Waals surface area contributed by atoms with Crippen LogP contribution < -0.4 is 10.0 Å². The zero-order valence-corrected chi connectivity index (χ0v) is 18.0. The molecule has 1 heterocycles. The Morgan fingerprint density at radius 3 is 2.03 bits per heavy atom. The van der Waals surface area contributed by atoms with Crippen LogP contribution in [0.25, 0.3) is 11.4 Å². The second-order valence-electron chi connectivity index (χ2n) is 7.11. The van der Waals surface area contributed by atoms with E-state index in [0.717, 1.165) is 11.1 Å². The second kappa shape index (κ2) is 8.99. The third-order valence-electron chi connectivity index (χ3n) is 4.67. The number of aromatic nitrogens is 2. The molecule has 0 bridgehead atoms. The van der Waals surface area contributed by atoms with Gasteiger partial charge in [0.05, 0.1) is 23.0 Å². The fraction of sp³-hybridized carbons (Fsp3) is 0.0417. The highest BCUT2D eigenvalue weighted by molar-refractivity contribution is 7.92. The number of nitrogens with one attached hydrogen (secondary N) is 2. The summed E-state index contributed by atoms with van der Waals surface area (Å²) in [5.74, 6) is 0.163. The quantitative estimate of drug-likeness (QED) is 0.456. The minimum absolute atomic E-state index is 0.0603. The number of rotatable bonds is 6.